The van der Waals surface area contributed by atoms with E-state index in [1.807, 2.05) is 18.2 Å². The summed E-state index contributed by atoms with van der Waals surface area (Å²) in [5.74, 6) is 0. The number of pyridine rings is 1. The zero-order chi connectivity index (χ0) is 14.1. The molecule has 0 aliphatic heterocycles. The number of rotatable bonds is 2. The van der Waals surface area contributed by atoms with Gasteiger partial charge in [-0.1, -0.05) is 29.8 Å². The standard InChI is InChI=1S/C17H17N3/c1-12-6-8-13(9-7-12)20(2)16-10-11-19-17-14(16)4-3-5-15(17)18/h3-11H,18H2,1-2H3. The molecule has 0 atom stereocenters. The fourth-order valence-electron chi connectivity index (χ4n) is 2.38. The fourth-order valence-corrected chi connectivity index (χ4v) is 2.38. The van der Waals surface area contributed by atoms with E-state index in [1.54, 1.807) is 6.20 Å². The smallest absolute Gasteiger partial charge is 0.0952 e. The molecule has 3 heteroatoms. The lowest BCUT2D eigenvalue weighted by Crippen LogP contribution is -2.10. The summed E-state index contributed by atoms with van der Waals surface area (Å²) in [6.07, 6.45) is 1.80. The molecular weight excluding hydrogens is 246 g/mol. The summed E-state index contributed by atoms with van der Waals surface area (Å²) in [5, 5.41) is 1.07. The quantitative estimate of drug-likeness (QED) is 0.713. The third kappa shape index (κ3) is 2.07. The van der Waals surface area contributed by atoms with Crippen molar-refractivity contribution in [3.05, 3.63) is 60.3 Å². The molecule has 1 heterocycles. The molecule has 0 aliphatic carbocycles. The van der Waals surface area contributed by atoms with E-state index in [0.29, 0.717) is 5.69 Å². The molecule has 3 rings (SSSR count). The van der Waals surface area contributed by atoms with Gasteiger partial charge in [0.1, 0.15) is 0 Å². The van der Waals surface area contributed by atoms with Gasteiger partial charge in [0.2, 0.25) is 0 Å². The summed E-state index contributed by atoms with van der Waals surface area (Å²) >= 11 is 0. The van der Waals surface area contributed by atoms with Crippen molar-refractivity contribution in [2.75, 3.05) is 17.7 Å². The second-order valence-electron chi connectivity index (χ2n) is 4.97. The molecule has 0 spiro atoms. The Bertz CT molecular complexity index is 748. The van der Waals surface area contributed by atoms with Crippen LogP contribution in [0.4, 0.5) is 17.1 Å². The van der Waals surface area contributed by atoms with Gasteiger partial charge in [-0.15, -0.1) is 0 Å². The lowest BCUT2D eigenvalue weighted by atomic mass is 10.1. The number of nitrogens with two attached hydrogens (primary N) is 1. The number of para-hydroxylation sites is 1. The van der Waals surface area contributed by atoms with Crippen molar-refractivity contribution in [3.8, 4) is 0 Å². The van der Waals surface area contributed by atoms with Gasteiger partial charge in [-0.05, 0) is 31.2 Å². The maximum atomic E-state index is 6.00. The molecule has 0 radical (unpaired) electrons. The van der Waals surface area contributed by atoms with Crippen LogP contribution in [0.15, 0.2) is 54.7 Å². The predicted molar refractivity (Wildman–Crippen MR) is 85.4 cm³/mol. The summed E-state index contributed by atoms with van der Waals surface area (Å²) in [6, 6.07) is 16.4. The molecule has 0 saturated heterocycles. The maximum absolute atomic E-state index is 6.00. The van der Waals surface area contributed by atoms with E-state index < -0.39 is 0 Å². The molecule has 0 aliphatic rings. The van der Waals surface area contributed by atoms with E-state index in [0.717, 1.165) is 22.3 Å². The van der Waals surface area contributed by atoms with Gasteiger partial charge in [0.05, 0.1) is 16.9 Å². The van der Waals surface area contributed by atoms with Crippen LogP contribution in [-0.2, 0) is 0 Å². The third-order valence-corrected chi connectivity index (χ3v) is 3.56. The first-order valence-corrected chi connectivity index (χ1v) is 6.60. The number of anilines is 3. The highest BCUT2D eigenvalue weighted by Gasteiger charge is 2.09. The number of aromatic nitrogens is 1. The molecule has 3 aromatic rings. The van der Waals surface area contributed by atoms with Gasteiger partial charge in [0.15, 0.2) is 0 Å². The van der Waals surface area contributed by atoms with Gasteiger partial charge in [-0.3, -0.25) is 4.98 Å². The van der Waals surface area contributed by atoms with Gasteiger partial charge in [0, 0.05) is 24.3 Å². The number of fused-ring (bicyclic) bond motifs is 1. The maximum Gasteiger partial charge on any atom is 0.0952 e. The van der Waals surface area contributed by atoms with Crippen LogP contribution >= 0.6 is 0 Å². The second kappa shape index (κ2) is 4.85. The van der Waals surface area contributed by atoms with Crippen molar-refractivity contribution < 1.29 is 0 Å². The number of hydrogen-bond donors (Lipinski definition) is 1. The summed E-state index contributed by atoms with van der Waals surface area (Å²) < 4.78 is 0. The van der Waals surface area contributed by atoms with Crippen LogP contribution in [0.25, 0.3) is 10.9 Å². The molecule has 2 aromatic carbocycles. The molecular formula is C17H17N3. The Morgan fingerprint density at radius 3 is 2.50 bits per heavy atom. The van der Waals surface area contributed by atoms with Gasteiger partial charge >= 0.3 is 0 Å². The van der Waals surface area contributed by atoms with Gasteiger partial charge in [-0.25, -0.2) is 0 Å². The molecule has 1 aromatic heterocycles. The summed E-state index contributed by atoms with van der Waals surface area (Å²) in [7, 11) is 2.06. The molecule has 0 saturated carbocycles. The first kappa shape index (κ1) is 12.5. The average molecular weight is 263 g/mol. The molecule has 100 valence electrons. The largest absolute Gasteiger partial charge is 0.397 e. The Balaban J connectivity index is 2.14. The van der Waals surface area contributed by atoms with Crippen molar-refractivity contribution in [2.45, 2.75) is 6.92 Å². The van der Waals surface area contributed by atoms with Gasteiger partial charge in [0.25, 0.3) is 0 Å². The first-order valence-electron chi connectivity index (χ1n) is 6.60. The summed E-state index contributed by atoms with van der Waals surface area (Å²) in [4.78, 5) is 6.54. The van der Waals surface area contributed by atoms with Crippen molar-refractivity contribution in [1.82, 2.24) is 4.98 Å². The zero-order valence-corrected chi connectivity index (χ0v) is 11.7. The lowest BCUT2D eigenvalue weighted by molar-refractivity contribution is 1.21. The summed E-state index contributed by atoms with van der Waals surface area (Å²) in [6.45, 7) is 2.09. The topological polar surface area (TPSA) is 42.2 Å². The van der Waals surface area contributed by atoms with Crippen LogP contribution < -0.4 is 10.6 Å². The van der Waals surface area contributed by atoms with E-state index in [4.69, 9.17) is 5.73 Å². The van der Waals surface area contributed by atoms with Gasteiger partial charge < -0.3 is 10.6 Å². The molecule has 0 unspecified atom stereocenters. The fraction of sp³-hybridized carbons (Fsp3) is 0.118. The van der Waals surface area contributed by atoms with E-state index in [-0.39, 0.29) is 0 Å². The molecule has 0 amide bonds. The summed E-state index contributed by atoms with van der Waals surface area (Å²) in [5.41, 5.74) is 11.1. The van der Waals surface area contributed by atoms with Crippen molar-refractivity contribution in [1.29, 1.82) is 0 Å². The normalized spacial score (nSPS) is 10.7. The Labute approximate surface area is 118 Å². The van der Waals surface area contributed by atoms with E-state index >= 15 is 0 Å². The van der Waals surface area contributed by atoms with Crippen LogP contribution in [-0.4, -0.2) is 12.0 Å². The average Bonchev–Trinajstić information content (AvgIpc) is 2.47. The van der Waals surface area contributed by atoms with Crippen molar-refractivity contribution in [2.24, 2.45) is 0 Å². The van der Waals surface area contributed by atoms with Crippen LogP contribution in [0.2, 0.25) is 0 Å². The minimum absolute atomic E-state index is 0.710. The first-order chi connectivity index (χ1) is 9.66. The van der Waals surface area contributed by atoms with Crippen molar-refractivity contribution in [3.63, 3.8) is 0 Å². The highest BCUT2D eigenvalue weighted by molar-refractivity contribution is 5.99. The predicted octanol–water partition coefficient (Wildman–Crippen LogP) is 3.89. The molecule has 3 nitrogen and oxygen atoms in total. The van der Waals surface area contributed by atoms with Crippen LogP contribution in [0.3, 0.4) is 0 Å². The molecule has 2 N–H and O–H groups in total. The SMILES string of the molecule is Cc1ccc(N(C)c2ccnc3c(N)cccc23)cc1. The van der Waals surface area contributed by atoms with Crippen LogP contribution in [0, 0.1) is 6.92 Å². The molecule has 0 fully saturated rings. The monoisotopic (exact) mass is 263 g/mol. The minimum atomic E-state index is 0.710. The van der Waals surface area contributed by atoms with Gasteiger partial charge in [-0.2, -0.15) is 0 Å². The zero-order valence-electron chi connectivity index (χ0n) is 11.7. The Hall–Kier alpha value is -2.55. The lowest BCUT2D eigenvalue weighted by Gasteiger charge is -2.21. The number of nitrogen functional groups attached to an aromatic ring is 1. The molecule has 0 bridgehead atoms. The highest BCUT2D eigenvalue weighted by atomic mass is 15.1. The van der Waals surface area contributed by atoms with E-state index in [1.165, 1.54) is 5.56 Å². The van der Waals surface area contributed by atoms with Crippen LogP contribution in [0.1, 0.15) is 5.56 Å². The van der Waals surface area contributed by atoms with E-state index in [9.17, 15) is 0 Å². The van der Waals surface area contributed by atoms with E-state index in [2.05, 4.69) is 54.2 Å². The highest BCUT2D eigenvalue weighted by Crippen LogP contribution is 2.31. The number of hydrogen-bond acceptors (Lipinski definition) is 3. The second-order valence-corrected chi connectivity index (χ2v) is 4.97. The Morgan fingerprint density at radius 1 is 1.00 bits per heavy atom. The number of benzene rings is 2. The van der Waals surface area contributed by atoms with Crippen molar-refractivity contribution >= 4 is 28.0 Å². The number of nitrogens with zero attached hydrogens (tertiary/aromatic N) is 2. The number of aryl methyl sites for hydroxylation is 1. The third-order valence-electron chi connectivity index (χ3n) is 3.56. The minimum Gasteiger partial charge on any atom is -0.397 e. The Morgan fingerprint density at radius 2 is 1.75 bits per heavy atom. The van der Waals surface area contributed by atoms with Crippen LogP contribution in [0.5, 0.6) is 0 Å². The molecule has 20 heavy (non-hydrogen) atoms. The Kier molecular flexibility index (Phi) is 3.03.